The molecule has 3 rings (SSSR count). The molecule has 0 radical (unpaired) electrons. The molecule has 0 saturated heterocycles. The monoisotopic (exact) mass is 313 g/mol. The Balaban J connectivity index is 1.71. The maximum atomic E-state index is 12.0. The molecule has 0 bridgehead atoms. The number of aryl methyl sites for hydroxylation is 1. The maximum Gasteiger partial charge on any atom is 0.258 e. The van der Waals surface area contributed by atoms with Crippen molar-refractivity contribution in [3.05, 3.63) is 69.1 Å². The van der Waals surface area contributed by atoms with E-state index in [2.05, 4.69) is 41.1 Å². The number of hydrogen-bond donors (Lipinski definition) is 0. The summed E-state index contributed by atoms with van der Waals surface area (Å²) >= 11 is 1.48. The van der Waals surface area contributed by atoms with Gasteiger partial charge in [0.1, 0.15) is 0 Å². The summed E-state index contributed by atoms with van der Waals surface area (Å²) in [5.41, 5.74) is 3.43. The van der Waals surface area contributed by atoms with Crippen molar-refractivity contribution in [1.29, 1.82) is 0 Å². The van der Waals surface area contributed by atoms with E-state index in [0.717, 1.165) is 23.6 Å². The van der Waals surface area contributed by atoms with Crippen molar-refractivity contribution in [2.75, 3.05) is 7.05 Å². The van der Waals surface area contributed by atoms with Crippen LogP contribution in [0.4, 0.5) is 0 Å². The topological polar surface area (TPSA) is 37.6 Å². The second kappa shape index (κ2) is 6.42. The summed E-state index contributed by atoms with van der Waals surface area (Å²) < 4.78 is 1.58. The lowest BCUT2D eigenvalue weighted by atomic mass is 10.1. The molecule has 0 amide bonds. The second-order valence-corrected chi connectivity index (χ2v) is 6.36. The van der Waals surface area contributed by atoms with Gasteiger partial charge in [0.05, 0.1) is 5.69 Å². The third-order valence-electron chi connectivity index (χ3n) is 3.67. The van der Waals surface area contributed by atoms with Gasteiger partial charge in [0.2, 0.25) is 0 Å². The van der Waals surface area contributed by atoms with E-state index >= 15 is 0 Å². The highest BCUT2D eigenvalue weighted by Gasteiger charge is 2.07. The van der Waals surface area contributed by atoms with Gasteiger partial charge in [0.25, 0.3) is 5.56 Å². The van der Waals surface area contributed by atoms with Crippen LogP contribution in [0.5, 0.6) is 0 Å². The first kappa shape index (κ1) is 14.9. The van der Waals surface area contributed by atoms with Crippen LogP contribution < -0.4 is 5.56 Å². The number of thiazole rings is 1. The van der Waals surface area contributed by atoms with Gasteiger partial charge in [-0.05, 0) is 24.6 Å². The summed E-state index contributed by atoms with van der Waals surface area (Å²) in [5, 5.41) is 1.88. The molecule has 22 heavy (non-hydrogen) atoms. The molecule has 0 aliphatic heterocycles. The Morgan fingerprint density at radius 3 is 2.64 bits per heavy atom. The van der Waals surface area contributed by atoms with Crippen LogP contribution >= 0.6 is 11.3 Å². The largest absolute Gasteiger partial charge is 0.296 e. The highest BCUT2D eigenvalue weighted by atomic mass is 32.1. The molecule has 4 nitrogen and oxygen atoms in total. The summed E-state index contributed by atoms with van der Waals surface area (Å²) in [6.45, 7) is 3.67. The Morgan fingerprint density at radius 1 is 1.18 bits per heavy atom. The Kier molecular flexibility index (Phi) is 4.36. The fraction of sp³-hybridized carbons (Fsp3) is 0.294. The maximum absolute atomic E-state index is 12.0. The molecule has 5 heteroatoms. The molecule has 3 aromatic rings. The number of rotatable bonds is 5. The molecule has 1 aromatic carbocycles. The van der Waals surface area contributed by atoms with E-state index in [-0.39, 0.29) is 5.56 Å². The minimum atomic E-state index is -0.0121. The third-order valence-corrected chi connectivity index (χ3v) is 4.43. The van der Waals surface area contributed by atoms with Crippen LogP contribution in [0.25, 0.3) is 4.96 Å². The van der Waals surface area contributed by atoms with E-state index in [4.69, 9.17) is 0 Å². The van der Waals surface area contributed by atoms with Gasteiger partial charge >= 0.3 is 0 Å². The van der Waals surface area contributed by atoms with E-state index in [9.17, 15) is 4.79 Å². The Morgan fingerprint density at radius 2 is 1.91 bits per heavy atom. The van der Waals surface area contributed by atoms with Crippen LogP contribution in [0.15, 0.2) is 46.7 Å². The number of fused-ring (bicyclic) bond motifs is 1. The fourth-order valence-corrected chi connectivity index (χ4v) is 3.23. The Labute approximate surface area is 133 Å². The first-order chi connectivity index (χ1) is 10.7. The van der Waals surface area contributed by atoms with Crippen molar-refractivity contribution in [2.24, 2.45) is 0 Å². The van der Waals surface area contributed by atoms with Gasteiger partial charge in [-0.1, -0.05) is 31.2 Å². The van der Waals surface area contributed by atoms with Crippen LogP contribution in [-0.2, 0) is 19.5 Å². The molecule has 2 heterocycles. The van der Waals surface area contributed by atoms with Gasteiger partial charge in [-0.2, -0.15) is 0 Å². The lowest BCUT2D eigenvalue weighted by Gasteiger charge is -2.16. The predicted molar refractivity (Wildman–Crippen MR) is 90.3 cm³/mol. The summed E-state index contributed by atoms with van der Waals surface area (Å²) in [7, 11) is 2.05. The smallest absolute Gasteiger partial charge is 0.258 e. The molecule has 2 aromatic heterocycles. The first-order valence-electron chi connectivity index (χ1n) is 7.38. The van der Waals surface area contributed by atoms with Gasteiger partial charge in [0, 0.05) is 30.7 Å². The number of aromatic nitrogens is 2. The Bertz CT molecular complexity index is 820. The standard InChI is InChI=1S/C17H19N3OS/c1-3-13-4-6-14(7-5-13)11-19(2)12-15-10-16(21)20-8-9-22-17(20)18-15/h4-10H,3,11-12H2,1-2H3. The molecule has 0 fully saturated rings. The van der Waals surface area contributed by atoms with E-state index < -0.39 is 0 Å². The molecule has 0 unspecified atom stereocenters. The molecule has 0 N–H and O–H groups in total. The first-order valence-corrected chi connectivity index (χ1v) is 8.26. The summed E-state index contributed by atoms with van der Waals surface area (Å²) in [6, 6.07) is 10.3. The van der Waals surface area contributed by atoms with Gasteiger partial charge in [-0.25, -0.2) is 4.98 Å². The molecular formula is C17H19N3OS. The normalized spacial score (nSPS) is 11.4. The number of nitrogens with zero attached hydrogens (tertiary/aromatic N) is 3. The van der Waals surface area contributed by atoms with Crippen molar-refractivity contribution in [3.63, 3.8) is 0 Å². The minimum Gasteiger partial charge on any atom is -0.296 e. The molecular weight excluding hydrogens is 294 g/mol. The lowest BCUT2D eigenvalue weighted by molar-refractivity contribution is 0.315. The van der Waals surface area contributed by atoms with Crippen LogP contribution in [0.1, 0.15) is 23.7 Å². The van der Waals surface area contributed by atoms with E-state index in [1.165, 1.54) is 22.5 Å². The summed E-state index contributed by atoms with van der Waals surface area (Å²) in [5.74, 6) is 0. The zero-order chi connectivity index (χ0) is 15.5. The van der Waals surface area contributed by atoms with Gasteiger partial charge in [0.15, 0.2) is 4.96 Å². The fourth-order valence-electron chi connectivity index (χ4n) is 2.49. The zero-order valence-electron chi connectivity index (χ0n) is 12.8. The number of hydrogen-bond acceptors (Lipinski definition) is 4. The predicted octanol–water partition coefficient (Wildman–Crippen LogP) is 2.95. The molecule has 0 atom stereocenters. The highest BCUT2D eigenvalue weighted by molar-refractivity contribution is 7.15. The van der Waals surface area contributed by atoms with Crippen molar-refractivity contribution < 1.29 is 0 Å². The van der Waals surface area contributed by atoms with Gasteiger partial charge in [-0.15, -0.1) is 11.3 Å². The van der Waals surface area contributed by atoms with Crippen molar-refractivity contribution >= 4 is 16.3 Å². The SMILES string of the molecule is CCc1ccc(CN(C)Cc2cc(=O)n3ccsc3n2)cc1. The molecule has 0 aliphatic carbocycles. The van der Waals surface area contributed by atoms with Crippen LogP contribution in [0.3, 0.4) is 0 Å². The minimum absolute atomic E-state index is 0.0121. The Hall–Kier alpha value is -1.98. The summed E-state index contributed by atoms with van der Waals surface area (Å²) in [4.78, 5) is 19.5. The third kappa shape index (κ3) is 3.26. The van der Waals surface area contributed by atoms with E-state index in [1.807, 2.05) is 12.4 Å². The molecule has 114 valence electrons. The average molecular weight is 313 g/mol. The second-order valence-electron chi connectivity index (χ2n) is 5.48. The van der Waals surface area contributed by atoms with Crippen LogP contribution in [0.2, 0.25) is 0 Å². The lowest BCUT2D eigenvalue weighted by Crippen LogP contribution is -2.21. The van der Waals surface area contributed by atoms with Crippen molar-refractivity contribution in [2.45, 2.75) is 26.4 Å². The molecule has 0 saturated carbocycles. The van der Waals surface area contributed by atoms with Crippen molar-refractivity contribution in [1.82, 2.24) is 14.3 Å². The van der Waals surface area contributed by atoms with Gasteiger partial charge in [-0.3, -0.25) is 14.1 Å². The zero-order valence-corrected chi connectivity index (χ0v) is 13.6. The molecule has 0 aliphatic rings. The van der Waals surface area contributed by atoms with Gasteiger partial charge < -0.3 is 0 Å². The average Bonchev–Trinajstić information content (AvgIpc) is 2.97. The van der Waals surface area contributed by atoms with Crippen LogP contribution in [0, 0.1) is 0 Å². The number of benzene rings is 1. The summed E-state index contributed by atoms with van der Waals surface area (Å²) in [6.07, 6.45) is 2.82. The van der Waals surface area contributed by atoms with Crippen LogP contribution in [-0.4, -0.2) is 21.3 Å². The quantitative estimate of drug-likeness (QED) is 0.727. The molecule has 0 spiro atoms. The van der Waals surface area contributed by atoms with E-state index in [1.54, 1.807) is 16.7 Å². The van der Waals surface area contributed by atoms with E-state index in [0.29, 0.717) is 6.54 Å². The van der Waals surface area contributed by atoms with Crippen molar-refractivity contribution in [3.8, 4) is 0 Å². The highest BCUT2D eigenvalue weighted by Crippen LogP contribution is 2.11.